The van der Waals surface area contributed by atoms with Crippen molar-refractivity contribution in [2.24, 2.45) is 0 Å². The third kappa shape index (κ3) is 1.67. The van der Waals surface area contributed by atoms with Gasteiger partial charge in [0.05, 0.1) is 4.83 Å². The van der Waals surface area contributed by atoms with E-state index >= 15 is 0 Å². The molecule has 16 heavy (non-hydrogen) atoms. The molecule has 0 unspecified atom stereocenters. The second-order valence-electron chi connectivity index (χ2n) is 3.90. The van der Waals surface area contributed by atoms with Gasteiger partial charge in [-0.3, -0.25) is 9.36 Å². The fourth-order valence-corrected chi connectivity index (χ4v) is 2.54. The smallest absolute Gasteiger partial charge is 0.342 e. The van der Waals surface area contributed by atoms with Crippen molar-refractivity contribution in [3.63, 3.8) is 0 Å². The van der Waals surface area contributed by atoms with Crippen LogP contribution in [-0.2, 0) is 0 Å². The number of hydrogen-bond acceptors (Lipinski definition) is 3. The Labute approximate surface area is 100 Å². The van der Waals surface area contributed by atoms with E-state index in [4.69, 9.17) is 5.11 Å². The second-order valence-corrected chi connectivity index (χ2v) is 5.01. The van der Waals surface area contributed by atoms with Crippen LogP contribution in [0.3, 0.4) is 0 Å². The molecule has 86 valence electrons. The van der Waals surface area contributed by atoms with Gasteiger partial charge in [0.25, 0.3) is 5.56 Å². The van der Waals surface area contributed by atoms with Gasteiger partial charge in [-0.25, -0.2) is 9.78 Å². The third-order valence-corrected chi connectivity index (χ3v) is 3.68. The number of hydrogen-bond donors (Lipinski definition) is 1. The number of rotatable bonds is 1. The van der Waals surface area contributed by atoms with Crippen molar-refractivity contribution >= 4 is 21.9 Å². The maximum absolute atomic E-state index is 11.9. The van der Waals surface area contributed by atoms with Crippen LogP contribution < -0.4 is 5.56 Å². The van der Waals surface area contributed by atoms with Crippen molar-refractivity contribution < 1.29 is 9.90 Å². The second kappa shape index (κ2) is 4.01. The first-order valence-corrected chi connectivity index (χ1v) is 5.92. The van der Waals surface area contributed by atoms with E-state index in [0.717, 1.165) is 19.0 Å². The third-order valence-electron chi connectivity index (χ3n) is 2.81. The van der Waals surface area contributed by atoms with Gasteiger partial charge >= 0.3 is 5.97 Å². The highest BCUT2D eigenvalue weighted by Crippen LogP contribution is 2.34. The van der Waals surface area contributed by atoms with Gasteiger partial charge in [0.1, 0.15) is 11.4 Å². The molecule has 0 aromatic carbocycles. The standard InChI is InChI=1S/C10H11BrN2O3/c1-5-2-3-7(11)8-12-4-6(10(15)16)9(14)13(5)8/h4-5,7H,2-3H2,1H3,(H,15,16)/t5-,7+/m1/s1. The first-order valence-electron chi connectivity index (χ1n) is 5.01. The summed E-state index contributed by atoms with van der Waals surface area (Å²) in [5, 5.41) is 8.85. The average Bonchev–Trinajstić information content (AvgIpc) is 2.23. The Morgan fingerprint density at radius 1 is 1.62 bits per heavy atom. The summed E-state index contributed by atoms with van der Waals surface area (Å²) in [5.74, 6) is -0.606. The molecule has 1 aliphatic rings. The first-order chi connectivity index (χ1) is 7.52. The lowest BCUT2D eigenvalue weighted by Crippen LogP contribution is -2.34. The lowest BCUT2D eigenvalue weighted by Gasteiger charge is -2.27. The highest BCUT2D eigenvalue weighted by atomic mass is 79.9. The van der Waals surface area contributed by atoms with Crippen LogP contribution in [0.5, 0.6) is 0 Å². The molecule has 1 N–H and O–H groups in total. The molecule has 0 fully saturated rings. The minimum Gasteiger partial charge on any atom is -0.477 e. The molecule has 2 heterocycles. The van der Waals surface area contributed by atoms with E-state index in [1.165, 1.54) is 4.57 Å². The van der Waals surface area contributed by atoms with Crippen molar-refractivity contribution in [3.8, 4) is 0 Å². The number of carbonyl (C=O) groups is 1. The molecular weight excluding hydrogens is 276 g/mol. The van der Waals surface area contributed by atoms with Crippen LogP contribution in [0.2, 0.25) is 0 Å². The predicted molar refractivity (Wildman–Crippen MR) is 61.1 cm³/mol. The lowest BCUT2D eigenvalue weighted by molar-refractivity contribution is 0.0693. The molecule has 5 nitrogen and oxygen atoms in total. The van der Waals surface area contributed by atoms with Crippen molar-refractivity contribution in [2.45, 2.75) is 30.6 Å². The summed E-state index contributed by atoms with van der Waals surface area (Å²) in [6, 6.07) is 0.00287. The molecule has 2 rings (SSSR count). The van der Waals surface area contributed by atoms with Crippen molar-refractivity contribution in [2.75, 3.05) is 0 Å². The maximum atomic E-state index is 11.9. The fourth-order valence-electron chi connectivity index (χ4n) is 1.93. The van der Waals surface area contributed by atoms with E-state index in [1.54, 1.807) is 0 Å². The molecule has 0 spiro atoms. The molecule has 2 atom stereocenters. The Kier molecular flexibility index (Phi) is 2.84. The van der Waals surface area contributed by atoms with Gasteiger partial charge in [-0.1, -0.05) is 15.9 Å². The van der Waals surface area contributed by atoms with Crippen molar-refractivity contribution in [1.29, 1.82) is 0 Å². The molecule has 1 aromatic heterocycles. The Hall–Kier alpha value is -1.17. The summed E-state index contributed by atoms with van der Waals surface area (Å²) in [4.78, 5) is 26.9. The zero-order valence-corrected chi connectivity index (χ0v) is 10.3. The summed E-state index contributed by atoms with van der Waals surface area (Å²) >= 11 is 3.44. The van der Waals surface area contributed by atoms with Crippen LogP contribution in [0, 0.1) is 0 Å². The monoisotopic (exact) mass is 286 g/mol. The van der Waals surface area contributed by atoms with Gasteiger partial charge in [-0.15, -0.1) is 0 Å². The zero-order chi connectivity index (χ0) is 11.9. The summed E-state index contributed by atoms with van der Waals surface area (Å²) in [6.07, 6.45) is 2.89. The average molecular weight is 287 g/mol. The summed E-state index contributed by atoms with van der Waals surface area (Å²) in [6.45, 7) is 1.90. The van der Waals surface area contributed by atoms with E-state index in [1.807, 2.05) is 6.92 Å². The largest absolute Gasteiger partial charge is 0.477 e. The van der Waals surface area contributed by atoms with Gasteiger partial charge < -0.3 is 5.11 Å². The number of fused-ring (bicyclic) bond motifs is 1. The Morgan fingerprint density at radius 2 is 2.31 bits per heavy atom. The molecular formula is C10H11BrN2O3. The molecule has 0 radical (unpaired) electrons. The quantitative estimate of drug-likeness (QED) is 0.798. The van der Waals surface area contributed by atoms with Crippen LogP contribution in [-0.4, -0.2) is 20.6 Å². The van der Waals surface area contributed by atoms with Crippen LogP contribution in [0.25, 0.3) is 0 Å². The molecule has 1 aliphatic heterocycles. The number of halogens is 1. The number of aromatic nitrogens is 2. The number of alkyl halides is 1. The van der Waals surface area contributed by atoms with Crippen LogP contribution in [0.1, 0.15) is 46.8 Å². The van der Waals surface area contributed by atoms with Crippen LogP contribution >= 0.6 is 15.9 Å². The lowest BCUT2D eigenvalue weighted by atomic mass is 10.1. The number of aromatic carboxylic acids is 1. The predicted octanol–water partition coefficient (Wildman–Crippen LogP) is 1.73. The minimum absolute atomic E-state index is 0.00287. The van der Waals surface area contributed by atoms with E-state index in [-0.39, 0.29) is 16.4 Å². The summed E-state index contributed by atoms with van der Waals surface area (Å²) in [5.41, 5.74) is -0.730. The van der Waals surface area contributed by atoms with E-state index in [0.29, 0.717) is 5.82 Å². The first kappa shape index (κ1) is 11.3. The Balaban J connectivity index is 2.68. The van der Waals surface area contributed by atoms with Crippen LogP contribution in [0.4, 0.5) is 0 Å². The van der Waals surface area contributed by atoms with E-state index in [2.05, 4.69) is 20.9 Å². The Morgan fingerprint density at radius 3 is 2.94 bits per heavy atom. The minimum atomic E-state index is -1.23. The molecule has 0 saturated carbocycles. The molecule has 6 heteroatoms. The molecule has 0 saturated heterocycles. The molecule has 0 aliphatic carbocycles. The van der Waals surface area contributed by atoms with Crippen molar-refractivity contribution in [3.05, 3.63) is 27.9 Å². The maximum Gasteiger partial charge on any atom is 0.342 e. The van der Waals surface area contributed by atoms with Gasteiger partial charge in [-0.2, -0.15) is 0 Å². The van der Waals surface area contributed by atoms with Crippen molar-refractivity contribution in [1.82, 2.24) is 9.55 Å². The van der Waals surface area contributed by atoms with Crippen LogP contribution in [0.15, 0.2) is 11.0 Å². The normalized spacial score (nSPS) is 23.9. The SMILES string of the molecule is C[C@@H]1CC[C@H](Br)c2ncc(C(=O)O)c(=O)n21. The van der Waals surface area contributed by atoms with E-state index < -0.39 is 11.5 Å². The van der Waals surface area contributed by atoms with Gasteiger partial charge in [0.15, 0.2) is 0 Å². The molecule has 0 amide bonds. The number of carboxylic acids is 1. The Bertz CT molecular complexity index is 497. The highest BCUT2D eigenvalue weighted by molar-refractivity contribution is 9.09. The van der Waals surface area contributed by atoms with E-state index in [9.17, 15) is 9.59 Å². The molecule has 0 bridgehead atoms. The topological polar surface area (TPSA) is 72.2 Å². The molecule has 1 aromatic rings. The van der Waals surface area contributed by atoms with Gasteiger partial charge in [0.2, 0.25) is 0 Å². The summed E-state index contributed by atoms with van der Waals surface area (Å²) in [7, 11) is 0. The van der Waals surface area contributed by atoms with Gasteiger partial charge in [-0.05, 0) is 19.8 Å². The summed E-state index contributed by atoms with van der Waals surface area (Å²) < 4.78 is 1.48. The highest BCUT2D eigenvalue weighted by Gasteiger charge is 2.27. The number of nitrogens with zero attached hydrogens (tertiary/aromatic N) is 2. The fraction of sp³-hybridized carbons (Fsp3) is 0.500. The van der Waals surface area contributed by atoms with Gasteiger partial charge in [0, 0.05) is 12.2 Å². The zero-order valence-electron chi connectivity index (χ0n) is 8.68. The number of carboxylic acid groups (broad SMARTS) is 1.